The first-order chi connectivity index (χ1) is 18.5. The van der Waals surface area contributed by atoms with Crippen LogP contribution in [0.1, 0.15) is 29.0 Å². The number of aliphatic carboxylic acids is 1. The summed E-state index contributed by atoms with van der Waals surface area (Å²) in [6, 6.07) is 19.3. The number of carbonyl (C=O) groups is 2. The monoisotopic (exact) mass is 546 g/mol. The molecule has 0 aliphatic carbocycles. The van der Waals surface area contributed by atoms with E-state index in [9.17, 15) is 14.4 Å². The smallest absolute Gasteiger partial charge is 0.341 e. The van der Waals surface area contributed by atoms with Gasteiger partial charge >= 0.3 is 11.9 Å². The highest BCUT2D eigenvalue weighted by Crippen LogP contribution is 2.36. The molecule has 1 N–H and O–H groups in total. The fourth-order valence-electron chi connectivity index (χ4n) is 4.15. The Balaban J connectivity index is 1.71. The summed E-state index contributed by atoms with van der Waals surface area (Å²) in [5, 5.41) is 10.8. The molecular weight excluding hydrogens is 524 g/mol. The van der Waals surface area contributed by atoms with Gasteiger partial charge in [-0.1, -0.05) is 59.9 Å². The SMILES string of the molecule is CCOC(=O)C1=C(c2ccccc2)N=c2s/c(=C\c3cccc(OCC(=O)O)c3)c(=O)n2[C@@H]1c1cccs1. The lowest BCUT2D eigenvalue weighted by Crippen LogP contribution is -2.39. The number of ether oxygens (including phenoxy) is 2. The third-order valence-corrected chi connectivity index (χ3v) is 7.61. The van der Waals surface area contributed by atoms with Gasteiger partial charge < -0.3 is 14.6 Å². The first-order valence-corrected chi connectivity index (χ1v) is 13.4. The highest BCUT2D eigenvalue weighted by Gasteiger charge is 2.35. The summed E-state index contributed by atoms with van der Waals surface area (Å²) < 4.78 is 12.7. The molecule has 2 aromatic heterocycles. The summed E-state index contributed by atoms with van der Waals surface area (Å²) in [7, 11) is 0. The van der Waals surface area contributed by atoms with Crippen molar-refractivity contribution in [1.82, 2.24) is 4.57 Å². The summed E-state index contributed by atoms with van der Waals surface area (Å²) in [6.45, 7) is 1.46. The fraction of sp³-hybridized carbons (Fsp3) is 0.143. The average molecular weight is 547 g/mol. The van der Waals surface area contributed by atoms with Crippen molar-refractivity contribution in [2.45, 2.75) is 13.0 Å². The van der Waals surface area contributed by atoms with Crippen molar-refractivity contribution in [3.63, 3.8) is 0 Å². The second-order valence-corrected chi connectivity index (χ2v) is 10.2. The van der Waals surface area contributed by atoms with Crippen molar-refractivity contribution < 1.29 is 24.2 Å². The van der Waals surface area contributed by atoms with E-state index in [1.165, 1.54) is 22.7 Å². The van der Waals surface area contributed by atoms with Gasteiger partial charge in [0.25, 0.3) is 5.56 Å². The van der Waals surface area contributed by atoms with Crippen LogP contribution in [0.4, 0.5) is 0 Å². The molecule has 0 bridgehead atoms. The maximum Gasteiger partial charge on any atom is 0.341 e. The number of esters is 1. The minimum atomic E-state index is -1.08. The summed E-state index contributed by atoms with van der Waals surface area (Å²) >= 11 is 2.67. The van der Waals surface area contributed by atoms with E-state index in [1.54, 1.807) is 41.8 Å². The van der Waals surface area contributed by atoms with Crippen molar-refractivity contribution >= 4 is 46.4 Å². The molecule has 0 unspecified atom stereocenters. The van der Waals surface area contributed by atoms with Crippen molar-refractivity contribution in [2.75, 3.05) is 13.2 Å². The quantitative estimate of drug-likeness (QED) is 0.339. The van der Waals surface area contributed by atoms with Gasteiger partial charge in [0.05, 0.1) is 22.4 Å². The number of carboxylic acids is 1. The van der Waals surface area contributed by atoms with Crippen LogP contribution in [0.25, 0.3) is 11.8 Å². The highest BCUT2D eigenvalue weighted by atomic mass is 32.1. The number of hydrogen-bond donors (Lipinski definition) is 1. The van der Waals surface area contributed by atoms with E-state index < -0.39 is 24.6 Å². The van der Waals surface area contributed by atoms with Crippen LogP contribution >= 0.6 is 22.7 Å². The zero-order valence-electron chi connectivity index (χ0n) is 20.2. The number of aromatic nitrogens is 1. The zero-order valence-corrected chi connectivity index (χ0v) is 21.8. The van der Waals surface area contributed by atoms with Crippen LogP contribution in [-0.4, -0.2) is 34.8 Å². The Labute approximate surface area is 225 Å². The molecule has 5 rings (SSSR count). The maximum absolute atomic E-state index is 13.8. The molecule has 4 aromatic rings. The number of benzene rings is 2. The number of rotatable bonds is 8. The minimum Gasteiger partial charge on any atom is -0.482 e. The number of thiazole rings is 1. The van der Waals surface area contributed by atoms with Gasteiger partial charge in [0, 0.05) is 10.4 Å². The van der Waals surface area contributed by atoms with Gasteiger partial charge in [0.15, 0.2) is 11.4 Å². The van der Waals surface area contributed by atoms with Gasteiger partial charge in [-0.05, 0) is 42.1 Å². The average Bonchev–Trinajstić information content (AvgIpc) is 3.56. The molecule has 0 saturated carbocycles. The van der Waals surface area contributed by atoms with Crippen molar-refractivity contribution in [2.24, 2.45) is 4.99 Å². The molecule has 10 heteroatoms. The Morgan fingerprint density at radius 2 is 1.92 bits per heavy atom. The first kappa shape index (κ1) is 25.4. The standard InChI is InChI=1S/C28H22N2O6S2/c1-2-35-27(34)23-24(18-9-4-3-5-10-18)29-28-30(25(23)20-12-7-13-37-20)26(33)21(38-28)15-17-8-6-11-19(14-17)36-16-22(31)32/h3-15,25H,2,16H2,1H3,(H,31,32)/b21-15-/t25-/m1/s1. The van der Waals surface area contributed by atoms with E-state index in [-0.39, 0.29) is 12.2 Å². The lowest BCUT2D eigenvalue weighted by atomic mass is 9.97. The Morgan fingerprint density at radius 3 is 2.63 bits per heavy atom. The third-order valence-electron chi connectivity index (χ3n) is 5.70. The number of carbonyl (C=O) groups excluding carboxylic acids is 1. The molecule has 0 spiro atoms. The molecule has 192 valence electrons. The van der Waals surface area contributed by atoms with Crippen LogP contribution < -0.4 is 19.6 Å². The first-order valence-electron chi connectivity index (χ1n) is 11.7. The van der Waals surface area contributed by atoms with E-state index in [1.807, 2.05) is 47.8 Å². The highest BCUT2D eigenvalue weighted by molar-refractivity contribution is 7.10. The molecule has 1 aliphatic heterocycles. The van der Waals surface area contributed by atoms with Crippen molar-refractivity contribution in [1.29, 1.82) is 0 Å². The van der Waals surface area contributed by atoms with E-state index >= 15 is 0 Å². The molecule has 0 radical (unpaired) electrons. The van der Waals surface area contributed by atoms with Crippen LogP contribution in [0.3, 0.4) is 0 Å². The zero-order chi connectivity index (χ0) is 26.6. The second-order valence-electron chi connectivity index (χ2n) is 8.20. The van der Waals surface area contributed by atoms with Gasteiger partial charge in [-0.25, -0.2) is 14.6 Å². The minimum absolute atomic E-state index is 0.187. The maximum atomic E-state index is 13.8. The van der Waals surface area contributed by atoms with Gasteiger partial charge in [0.2, 0.25) is 0 Å². The van der Waals surface area contributed by atoms with Gasteiger partial charge in [-0.3, -0.25) is 9.36 Å². The van der Waals surface area contributed by atoms with E-state index in [2.05, 4.69) is 0 Å². The van der Waals surface area contributed by atoms with E-state index in [4.69, 9.17) is 19.6 Å². The molecular formula is C28H22N2O6S2. The topological polar surface area (TPSA) is 107 Å². The van der Waals surface area contributed by atoms with Crippen molar-refractivity contribution in [3.05, 3.63) is 113 Å². The molecule has 38 heavy (non-hydrogen) atoms. The van der Waals surface area contributed by atoms with Gasteiger partial charge in [-0.2, -0.15) is 0 Å². The molecule has 3 heterocycles. The van der Waals surface area contributed by atoms with E-state index in [0.29, 0.717) is 31.9 Å². The Hall–Kier alpha value is -4.28. The molecule has 0 fully saturated rings. The molecule has 0 saturated heterocycles. The molecule has 1 aliphatic rings. The third kappa shape index (κ3) is 5.09. The molecule has 1 atom stereocenters. The summed E-state index contributed by atoms with van der Waals surface area (Å²) in [6.07, 6.45) is 1.71. The summed E-state index contributed by atoms with van der Waals surface area (Å²) in [5.41, 5.74) is 1.90. The van der Waals surface area contributed by atoms with Crippen LogP contribution in [0.5, 0.6) is 5.75 Å². The van der Waals surface area contributed by atoms with Crippen molar-refractivity contribution in [3.8, 4) is 5.75 Å². The second kappa shape index (κ2) is 11.0. The van der Waals surface area contributed by atoms with Gasteiger partial charge in [-0.15, -0.1) is 11.3 Å². The number of fused-ring (bicyclic) bond motifs is 1. The number of carboxylic acid groups (broad SMARTS) is 1. The number of nitrogens with zero attached hydrogens (tertiary/aromatic N) is 2. The predicted octanol–water partition coefficient (Wildman–Crippen LogP) is 3.46. The Morgan fingerprint density at radius 1 is 1.11 bits per heavy atom. The predicted molar refractivity (Wildman–Crippen MR) is 145 cm³/mol. The van der Waals surface area contributed by atoms with Crippen LogP contribution in [0, 0.1) is 0 Å². The summed E-state index contributed by atoms with van der Waals surface area (Å²) in [5.74, 6) is -1.23. The lowest BCUT2D eigenvalue weighted by Gasteiger charge is -2.24. The molecule has 0 amide bonds. The normalized spacial score (nSPS) is 15.1. The largest absolute Gasteiger partial charge is 0.482 e. The van der Waals surface area contributed by atoms with Crippen LogP contribution in [0.2, 0.25) is 0 Å². The fourth-order valence-corrected chi connectivity index (χ4v) is 5.97. The van der Waals surface area contributed by atoms with E-state index in [0.717, 1.165) is 10.4 Å². The van der Waals surface area contributed by atoms with Crippen LogP contribution in [-0.2, 0) is 14.3 Å². The molecule has 2 aromatic carbocycles. The Bertz CT molecular complexity index is 1700. The van der Waals surface area contributed by atoms with Crippen LogP contribution in [0.15, 0.2) is 87.5 Å². The van der Waals surface area contributed by atoms with Gasteiger partial charge in [0.1, 0.15) is 11.8 Å². The number of thiophene rings is 1. The lowest BCUT2D eigenvalue weighted by molar-refractivity contribution is -0.140. The summed E-state index contributed by atoms with van der Waals surface area (Å²) in [4.78, 5) is 44.1. The Kier molecular flexibility index (Phi) is 7.34. The molecule has 8 nitrogen and oxygen atoms in total. The number of hydrogen-bond acceptors (Lipinski definition) is 8.